The highest BCUT2D eigenvalue weighted by Crippen LogP contribution is 2.16. The first kappa shape index (κ1) is 13.3. The molecule has 1 aliphatic rings. The lowest BCUT2D eigenvalue weighted by molar-refractivity contribution is 0.0530. The van der Waals surface area contributed by atoms with Gasteiger partial charge >= 0.3 is 0 Å². The lowest BCUT2D eigenvalue weighted by Gasteiger charge is -2.21. The van der Waals surface area contributed by atoms with Gasteiger partial charge in [-0.3, -0.25) is 0 Å². The summed E-state index contributed by atoms with van der Waals surface area (Å²) in [5.74, 6) is 1.44. The number of aryl methyl sites for hydroxylation is 1. The molecule has 0 amide bonds. The van der Waals surface area contributed by atoms with E-state index in [2.05, 4.69) is 22.2 Å². The maximum Gasteiger partial charge on any atom is 0.222 e. The van der Waals surface area contributed by atoms with E-state index < -0.39 is 0 Å². The molecular weight excluding hydrogens is 226 g/mol. The van der Waals surface area contributed by atoms with Crippen molar-refractivity contribution in [1.82, 2.24) is 9.97 Å². The maximum absolute atomic E-state index is 5.47. The summed E-state index contributed by atoms with van der Waals surface area (Å²) in [6, 6.07) is 0. The fraction of sp³-hybridized carbons (Fsp3) is 0.714. The van der Waals surface area contributed by atoms with Crippen molar-refractivity contribution in [3.63, 3.8) is 0 Å². The van der Waals surface area contributed by atoms with Crippen molar-refractivity contribution in [2.45, 2.75) is 39.0 Å². The third-order valence-electron chi connectivity index (χ3n) is 3.33. The number of nitrogens with one attached hydrogen (secondary N) is 1. The average molecular weight is 249 g/mol. The van der Waals surface area contributed by atoms with Gasteiger partial charge in [0.25, 0.3) is 0 Å². The number of hydrogen-bond acceptors (Lipinski definition) is 4. The quantitative estimate of drug-likeness (QED) is 0.842. The van der Waals surface area contributed by atoms with Gasteiger partial charge in [-0.05, 0) is 37.2 Å². The van der Waals surface area contributed by atoms with E-state index in [0.717, 1.165) is 45.0 Å². The van der Waals surface area contributed by atoms with Crippen LogP contribution in [-0.2, 0) is 11.2 Å². The summed E-state index contributed by atoms with van der Waals surface area (Å²) in [6.45, 7) is 4.95. The lowest BCUT2D eigenvalue weighted by Crippen LogP contribution is -2.20. The van der Waals surface area contributed by atoms with E-state index in [9.17, 15) is 0 Å². The van der Waals surface area contributed by atoms with Gasteiger partial charge in [-0.2, -0.15) is 0 Å². The van der Waals surface area contributed by atoms with Gasteiger partial charge in [-0.15, -0.1) is 0 Å². The van der Waals surface area contributed by atoms with Gasteiger partial charge in [0, 0.05) is 32.2 Å². The monoisotopic (exact) mass is 249 g/mol. The van der Waals surface area contributed by atoms with Crippen LogP contribution < -0.4 is 5.32 Å². The Kier molecular flexibility index (Phi) is 5.39. The minimum absolute atomic E-state index is 0.700. The molecule has 2 rings (SSSR count). The van der Waals surface area contributed by atoms with Gasteiger partial charge in [0.15, 0.2) is 0 Å². The highest BCUT2D eigenvalue weighted by Gasteiger charge is 2.13. The molecule has 0 aromatic carbocycles. The molecule has 2 heterocycles. The van der Waals surface area contributed by atoms with Crippen molar-refractivity contribution in [3.05, 3.63) is 18.0 Å². The zero-order chi connectivity index (χ0) is 12.6. The van der Waals surface area contributed by atoms with Crippen LogP contribution in [-0.4, -0.2) is 29.7 Å². The molecule has 1 aromatic heterocycles. The van der Waals surface area contributed by atoms with Gasteiger partial charge in [-0.25, -0.2) is 9.97 Å². The largest absolute Gasteiger partial charge is 0.381 e. The second-order valence-corrected chi connectivity index (χ2v) is 4.96. The Balaban J connectivity index is 1.69. The van der Waals surface area contributed by atoms with Crippen LogP contribution >= 0.6 is 0 Å². The normalized spacial score (nSPS) is 19.7. The molecule has 100 valence electrons. The Morgan fingerprint density at radius 1 is 1.39 bits per heavy atom. The van der Waals surface area contributed by atoms with Gasteiger partial charge in [0.2, 0.25) is 5.95 Å². The van der Waals surface area contributed by atoms with E-state index in [-0.39, 0.29) is 0 Å². The fourth-order valence-electron chi connectivity index (χ4n) is 2.29. The second-order valence-electron chi connectivity index (χ2n) is 4.96. The minimum Gasteiger partial charge on any atom is -0.381 e. The fourth-order valence-corrected chi connectivity index (χ4v) is 2.29. The summed E-state index contributed by atoms with van der Waals surface area (Å²) in [6.07, 6.45) is 9.66. The van der Waals surface area contributed by atoms with Crippen LogP contribution in [0.4, 0.5) is 5.95 Å². The number of aromatic nitrogens is 2. The summed E-state index contributed by atoms with van der Waals surface area (Å²) >= 11 is 0. The van der Waals surface area contributed by atoms with E-state index in [1.165, 1.54) is 18.4 Å². The molecule has 4 heteroatoms. The van der Waals surface area contributed by atoms with Gasteiger partial charge in [-0.1, -0.05) is 13.3 Å². The van der Waals surface area contributed by atoms with Crippen molar-refractivity contribution in [3.8, 4) is 0 Å². The Labute approximate surface area is 109 Å². The highest BCUT2D eigenvalue weighted by atomic mass is 16.5. The standard InChI is InChI=1S/C14H23N3O/c1-2-4-13-9-16-14(17-10-13)15-7-6-12-5-3-8-18-11-12/h9-10,12H,2-8,11H2,1H3,(H,15,16,17)/t12-/m0/s1. The zero-order valence-corrected chi connectivity index (χ0v) is 11.2. The second kappa shape index (κ2) is 7.31. The van der Waals surface area contributed by atoms with Crippen molar-refractivity contribution in [2.75, 3.05) is 25.1 Å². The van der Waals surface area contributed by atoms with Crippen LogP contribution in [0.5, 0.6) is 0 Å². The molecule has 18 heavy (non-hydrogen) atoms. The molecule has 0 aliphatic carbocycles. The average Bonchev–Trinajstić information content (AvgIpc) is 2.42. The van der Waals surface area contributed by atoms with Crippen molar-refractivity contribution in [2.24, 2.45) is 5.92 Å². The topological polar surface area (TPSA) is 47.0 Å². The Bertz CT molecular complexity index is 333. The summed E-state index contributed by atoms with van der Waals surface area (Å²) < 4.78 is 5.47. The van der Waals surface area contributed by atoms with E-state index >= 15 is 0 Å². The molecule has 1 aromatic rings. The molecule has 1 saturated heterocycles. The lowest BCUT2D eigenvalue weighted by atomic mass is 9.99. The van der Waals surface area contributed by atoms with Crippen LogP contribution in [0.1, 0.15) is 38.2 Å². The SMILES string of the molecule is CCCc1cnc(NCC[C@@H]2CCCOC2)nc1. The number of anilines is 1. The predicted molar refractivity (Wildman–Crippen MR) is 72.7 cm³/mol. The number of hydrogen-bond donors (Lipinski definition) is 1. The molecule has 1 atom stereocenters. The molecule has 1 N–H and O–H groups in total. The summed E-state index contributed by atoms with van der Waals surface area (Å²) in [4.78, 5) is 8.65. The molecule has 1 aliphatic heterocycles. The number of nitrogens with zero attached hydrogens (tertiary/aromatic N) is 2. The first-order valence-electron chi connectivity index (χ1n) is 7.01. The Hall–Kier alpha value is -1.16. The zero-order valence-electron chi connectivity index (χ0n) is 11.2. The van der Waals surface area contributed by atoms with E-state index in [1.54, 1.807) is 0 Å². The van der Waals surface area contributed by atoms with Crippen LogP contribution in [0.15, 0.2) is 12.4 Å². The van der Waals surface area contributed by atoms with E-state index in [0.29, 0.717) is 5.92 Å². The Morgan fingerprint density at radius 2 is 2.22 bits per heavy atom. The van der Waals surface area contributed by atoms with Crippen LogP contribution in [0.25, 0.3) is 0 Å². The summed E-state index contributed by atoms with van der Waals surface area (Å²) in [5, 5.41) is 3.28. The molecule has 0 unspecified atom stereocenters. The molecule has 0 saturated carbocycles. The third kappa shape index (κ3) is 4.26. The number of ether oxygens (including phenoxy) is 1. The van der Waals surface area contributed by atoms with Crippen molar-refractivity contribution in [1.29, 1.82) is 0 Å². The predicted octanol–water partition coefficient (Wildman–Crippen LogP) is 2.66. The maximum atomic E-state index is 5.47. The van der Waals surface area contributed by atoms with Crippen LogP contribution in [0.3, 0.4) is 0 Å². The van der Waals surface area contributed by atoms with Gasteiger partial charge in [0.05, 0.1) is 0 Å². The van der Waals surface area contributed by atoms with Crippen molar-refractivity contribution < 1.29 is 4.74 Å². The number of rotatable bonds is 6. The van der Waals surface area contributed by atoms with Crippen molar-refractivity contribution >= 4 is 5.95 Å². The van der Waals surface area contributed by atoms with E-state index in [1.807, 2.05) is 12.4 Å². The molecule has 0 radical (unpaired) electrons. The minimum atomic E-state index is 0.700. The van der Waals surface area contributed by atoms with Crippen LogP contribution in [0, 0.1) is 5.92 Å². The molecule has 0 spiro atoms. The summed E-state index contributed by atoms with van der Waals surface area (Å²) in [7, 11) is 0. The van der Waals surface area contributed by atoms with E-state index in [4.69, 9.17) is 4.74 Å². The summed E-state index contributed by atoms with van der Waals surface area (Å²) in [5.41, 5.74) is 1.21. The molecule has 0 bridgehead atoms. The Morgan fingerprint density at radius 3 is 2.89 bits per heavy atom. The van der Waals surface area contributed by atoms with Gasteiger partial charge in [0.1, 0.15) is 0 Å². The molecular formula is C14H23N3O. The smallest absolute Gasteiger partial charge is 0.222 e. The third-order valence-corrected chi connectivity index (χ3v) is 3.33. The highest BCUT2D eigenvalue weighted by molar-refractivity contribution is 5.24. The molecule has 1 fully saturated rings. The molecule has 4 nitrogen and oxygen atoms in total. The first-order chi connectivity index (χ1) is 8.88. The van der Waals surface area contributed by atoms with Gasteiger partial charge < -0.3 is 10.1 Å². The van der Waals surface area contributed by atoms with Crippen LogP contribution in [0.2, 0.25) is 0 Å². The first-order valence-corrected chi connectivity index (χ1v) is 7.01.